The maximum atomic E-state index is 11.9. The van der Waals surface area contributed by atoms with Crippen LogP contribution in [0.2, 0.25) is 0 Å². The van der Waals surface area contributed by atoms with E-state index >= 15 is 0 Å². The summed E-state index contributed by atoms with van der Waals surface area (Å²) in [5, 5.41) is 24.5. The van der Waals surface area contributed by atoms with E-state index in [-0.39, 0.29) is 5.69 Å². The van der Waals surface area contributed by atoms with Crippen molar-refractivity contribution >= 4 is 11.9 Å². The lowest BCUT2D eigenvalue weighted by Gasteiger charge is -2.17. The third-order valence-electron chi connectivity index (χ3n) is 2.47. The molecule has 1 aromatic rings. The molecule has 0 radical (unpaired) electrons. The predicted molar refractivity (Wildman–Crippen MR) is 63.2 cm³/mol. The number of carbonyl (C=O) groups is 2. The van der Waals surface area contributed by atoms with Gasteiger partial charge in [0.05, 0.1) is 11.8 Å². The fourth-order valence-electron chi connectivity index (χ4n) is 1.57. The molecule has 7 heteroatoms. The van der Waals surface area contributed by atoms with Gasteiger partial charge in [-0.25, -0.2) is 4.79 Å². The number of aromatic nitrogens is 2. The van der Waals surface area contributed by atoms with Gasteiger partial charge in [0, 0.05) is 6.54 Å². The second-order valence-corrected chi connectivity index (χ2v) is 4.02. The van der Waals surface area contributed by atoms with Gasteiger partial charge in [0.1, 0.15) is 5.69 Å². The molecule has 0 aliphatic carbocycles. The summed E-state index contributed by atoms with van der Waals surface area (Å²) in [4.78, 5) is 22.8. The number of nitrogens with one attached hydrogen (secondary N) is 1. The number of rotatable bonds is 5. The molecule has 18 heavy (non-hydrogen) atoms. The highest BCUT2D eigenvalue weighted by Crippen LogP contribution is 2.05. The molecule has 0 spiro atoms. The number of aliphatic carboxylic acids is 1. The average molecular weight is 255 g/mol. The molecule has 0 saturated heterocycles. The molecule has 7 nitrogen and oxygen atoms in total. The van der Waals surface area contributed by atoms with Crippen molar-refractivity contribution in [3.8, 4) is 0 Å². The Kier molecular flexibility index (Phi) is 4.43. The zero-order chi connectivity index (χ0) is 13.9. The first-order chi connectivity index (χ1) is 8.36. The van der Waals surface area contributed by atoms with Crippen LogP contribution in [0.25, 0.3) is 0 Å². The maximum Gasteiger partial charge on any atom is 0.328 e. The Morgan fingerprint density at radius 3 is 2.61 bits per heavy atom. The van der Waals surface area contributed by atoms with Crippen LogP contribution in [-0.2, 0) is 11.3 Å². The number of nitrogens with zero attached hydrogens (tertiary/aromatic N) is 2. The molecule has 1 amide bonds. The number of aliphatic hydroxyl groups is 1. The quantitative estimate of drug-likeness (QED) is 0.674. The van der Waals surface area contributed by atoms with E-state index in [1.807, 2.05) is 6.92 Å². The number of hydrogen-bond donors (Lipinski definition) is 3. The van der Waals surface area contributed by atoms with E-state index in [1.165, 1.54) is 11.6 Å². The van der Waals surface area contributed by atoms with Crippen LogP contribution in [0.4, 0.5) is 0 Å². The number of amides is 1. The van der Waals surface area contributed by atoms with E-state index < -0.39 is 24.0 Å². The predicted octanol–water partition coefficient (Wildman–Crippen LogP) is -0.225. The van der Waals surface area contributed by atoms with Gasteiger partial charge in [-0.2, -0.15) is 5.10 Å². The molecule has 0 bridgehead atoms. The van der Waals surface area contributed by atoms with Crippen molar-refractivity contribution in [3.63, 3.8) is 0 Å². The highest BCUT2D eigenvalue weighted by Gasteiger charge is 2.26. The van der Waals surface area contributed by atoms with Gasteiger partial charge >= 0.3 is 5.97 Å². The van der Waals surface area contributed by atoms with Gasteiger partial charge in [-0.05, 0) is 26.8 Å². The summed E-state index contributed by atoms with van der Waals surface area (Å²) in [6.45, 7) is 5.38. The summed E-state index contributed by atoms with van der Waals surface area (Å²) in [6.07, 6.45) is -1.18. The fourth-order valence-corrected chi connectivity index (χ4v) is 1.57. The molecule has 3 N–H and O–H groups in total. The van der Waals surface area contributed by atoms with Gasteiger partial charge in [-0.15, -0.1) is 0 Å². The standard InChI is InChI=1S/C11H17N3O4/c1-4-14-8(5-6(2)13-14)10(16)12-9(7(3)15)11(17)18/h5,7,9,15H,4H2,1-3H3,(H,12,16)(H,17,18). The molecular formula is C11H17N3O4. The zero-order valence-electron chi connectivity index (χ0n) is 10.5. The van der Waals surface area contributed by atoms with Gasteiger partial charge in [-0.1, -0.05) is 0 Å². The van der Waals surface area contributed by atoms with Gasteiger partial charge in [0.15, 0.2) is 6.04 Å². The summed E-state index contributed by atoms with van der Waals surface area (Å²) < 4.78 is 1.48. The van der Waals surface area contributed by atoms with Crippen LogP contribution < -0.4 is 5.32 Å². The lowest BCUT2D eigenvalue weighted by atomic mass is 10.2. The maximum absolute atomic E-state index is 11.9. The molecule has 0 fully saturated rings. The topological polar surface area (TPSA) is 104 Å². The molecule has 0 saturated carbocycles. The number of aryl methyl sites for hydroxylation is 2. The lowest BCUT2D eigenvalue weighted by molar-refractivity contribution is -0.141. The first-order valence-electron chi connectivity index (χ1n) is 5.63. The normalized spacial score (nSPS) is 14.0. The van der Waals surface area contributed by atoms with Crippen LogP contribution in [0.15, 0.2) is 6.07 Å². The van der Waals surface area contributed by atoms with E-state index in [0.717, 1.165) is 0 Å². The minimum atomic E-state index is -1.34. The molecule has 1 heterocycles. The Bertz CT molecular complexity index is 453. The molecule has 0 aliphatic heterocycles. The van der Waals surface area contributed by atoms with Crippen LogP contribution in [-0.4, -0.2) is 44.0 Å². The summed E-state index contributed by atoms with van der Waals surface area (Å²) in [6, 6.07) is 0.234. The molecule has 1 rings (SSSR count). The van der Waals surface area contributed by atoms with E-state index in [9.17, 15) is 14.7 Å². The van der Waals surface area contributed by atoms with Crippen molar-refractivity contribution < 1.29 is 19.8 Å². The van der Waals surface area contributed by atoms with E-state index in [1.54, 1.807) is 13.0 Å². The molecule has 0 aliphatic rings. The Hall–Kier alpha value is -1.89. The van der Waals surface area contributed by atoms with E-state index in [2.05, 4.69) is 10.4 Å². The number of carbonyl (C=O) groups excluding carboxylic acids is 1. The number of carboxylic acid groups (broad SMARTS) is 1. The molecule has 2 atom stereocenters. The minimum absolute atomic E-state index is 0.280. The number of aliphatic hydroxyl groups excluding tert-OH is 1. The summed E-state index contributed by atoms with van der Waals surface area (Å²) in [7, 11) is 0. The Morgan fingerprint density at radius 2 is 2.17 bits per heavy atom. The van der Waals surface area contributed by atoms with Crippen LogP contribution in [0, 0.1) is 6.92 Å². The van der Waals surface area contributed by atoms with Gasteiger partial charge < -0.3 is 15.5 Å². The van der Waals surface area contributed by atoms with Crippen molar-refractivity contribution in [3.05, 3.63) is 17.5 Å². The molecule has 2 unspecified atom stereocenters. The fraction of sp³-hybridized carbons (Fsp3) is 0.545. The van der Waals surface area contributed by atoms with Crippen LogP contribution >= 0.6 is 0 Å². The molecular weight excluding hydrogens is 238 g/mol. The van der Waals surface area contributed by atoms with E-state index in [4.69, 9.17) is 5.11 Å². The van der Waals surface area contributed by atoms with Crippen molar-refractivity contribution in [2.24, 2.45) is 0 Å². The van der Waals surface area contributed by atoms with Crippen LogP contribution in [0.3, 0.4) is 0 Å². The van der Waals surface area contributed by atoms with Crippen molar-refractivity contribution in [2.75, 3.05) is 0 Å². The smallest absolute Gasteiger partial charge is 0.328 e. The molecule has 0 aromatic carbocycles. The second kappa shape index (κ2) is 5.63. The summed E-state index contributed by atoms with van der Waals surface area (Å²) in [5.41, 5.74) is 0.952. The number of carboxylic acids is 1. The first-order valence-corrected chi connectivity index (χ1v) is 5.63. The first kappa shape index (κ1) is 14.2. The van der Waals surface area contributed by atoms with Gasteiger partial charge in [0.25, 0.3) is 5.91 Å². The Morgan fingerprint density at radius 1 is 1.56 bits per heavy atom. The third-order valence-corrected chi connectivity index (χ3v) is 2.47. The number of hydrogen-bond acceptors (Lipinski definition) is 4. The molecule has 100 valence electrons. The largest absolute Gasteiger partial charge is 0.480 e. The van der Waals surface area contributed by atoms with Crippen LogP contribution in [0.5, 0.6) is 0 Å². The summed E-state index contributed by atoms with van der Waals surface area (Å²) in [5.74, 6) is -1.84. The zero-order valence-corrected chi connectivity index (χ0v) is 10.5. The van der Waals surface area contributed by atoms with Gasteiger partial charge in [-0.3, -0.25) is 9.48 Å². The highest BCUT2D eigenvalue weighted by atomic mass is 16.4. The Labute approximate surface area is 104 Å². The third kappa shape index (κ3) is 3.07. The lowest BCUT2D eigenvalue weighted by Crippen LogP contribution is -2.48. The van der Waals surface area contributed by atoms with E-state index in [0.29, 0.717) is 12.2 Å². The van der Waals surface area contributed by atoms with Gasteiger partial charge in [0.2, 0.25) is 0 Å². The van der Waals surface area contributed by atoms with Crippen LogP contribution in [0.1, 0.15) is 30.0 Å². The average Bonchev–Trinajstić information content (AvgIpc) is 2.66. The van der Waals surface area contributed by atoms with Crippen molar-refractivity contribution in [2.45, 2.75) is 39.5 Å². The highest BCUT2D eigenvalue weighted by molar-refractivity contribution is 5.95. The monoisotopic (exact) mass is 255 g/mol. The minimum Gasteiger partial charge on any atom is -0.480 e. The molecule has 1 aromatic heterocycles. The van der Waals surface area contributed by atoms with Crippen molar-refractivity contribution in [1.29, 1.82) is 0 Å². The Balaban J connectivity index is 2.90. The summed E-state index contributed by atoms with van der Waals surface area (Å²) >= 11 is 0. The second-order valence-electron chi connectivity index (χ2n) is 4.02. The van der Waals surface area contributed by atoms with Crippen molar-refractivity contribution in [1.82, 2.24) is 15.1 Å². The SMILES string of the molecule is CCn1nc(C)cc1C(=O)NC(C(=O)O)C(C)O.